The van der Waals surface area contributed by atoms with E-state index in [-0.39, 0.29) is 0 Å². The van der Waals surface area contributed by atoms with Crippen molar-refractivity contribution in [2.45, 2.75) is 6.92 Å². The summed E-state index contributed by atoms with van der Waals surface area (Å²) in [4.78, 5) is 4.69. The van der Waals surface area contributed by atoms with Crippen LogP contribution in [0, 0.1) is 0 Å². The normalized spacial score (nSPS) is 12.4. The summed E-state index contributed by atoms with van der Waals surface area (Å²) in [6.07, 6.45) is 8.21. The van der Waals surface area contributed by atoms with Crippen LogP contribution in [0.4, 0.5) is 5.69 Å². The summed E-state index contributed by atoms with van der Waals surface area (Å²) in [5.41, 5.74) is 12.7. The average Bonchev–Trinajstić information content (AvgIpc) is 3.70. The summed E-state index contributed by atoms with van der Waals surface area (Å²) < 4.78 is 4.72. The van der Waals surface area contributed by atoms with E-state index in [2.05, 4.69) is 179 Å². The number of hydrogen-bond donors (Lipinski definition) is 0. The van der Waals surface area contributed by atoms with Gasteiger partial charge in [-0.1, -0.05) is 115 Å². The average molecular weight is 654 g/mol. The Kier molecular flexibility index (Phi) is 7.71. The number of hydrogen-bond acceptors (Lipinski definition) is 1. The van der Waals surface area contributed by atoms with Crippen LogP contribution >= 0.6 is 0 Å². The van der Waals surface area contributed by atoms with Crippen LogP contribution < -0.4 is 0 Å². The lowest BCUT2D eigenvalue weighted by molar-refractivity contribution is 1.18. The fourth-order valence-corrected chi connectivity index (χ4v) is 7.38. The van der Waals surface area contributed by atoms with Gasteiger partial charge < -0.3 is 9.13 Å². The third-order valence-electron chi connectivity index (χ3n) is 9.73. The van der Waals surface area contributed by atoms with Gasteiger partial charge in [-0.05, 0) is 102 Å². The molecule has 3 nitrogen and oxygen atoms in total. The van der Waals surface area contributed by atoms with Gasteiger partial charge in [-0.2, -0.15) is 0 Å². The first kappa shape index (κ1) is 30.4. The number of fused-ring (bicyclic) bond motifs is 6. The van der Waals surface area contributed by atoms with E-state index in [0.717, 1.165) is 22.6 Å². The van der Waals surface area contributed by atoms with E-state index in [9.17, 15) is 0 Å². The lowest BCUT2D eigenvalue weighted by Crippen LogP contribution is -1.95. The van der Waals surface area contributed by atoms with Crippen molar-refractivity contribution in [3.63, 3.8) is 0 Å². The van der Waals surface area contributed by atoms with Gasteiger partial charge >= 0.3 is 0 Å². The van der Waals surface area contributed by atoms with E-state index in [1.807, 2.05) is 36.5 Å². The second-order valence-electron chi connectivity index (χ2n) is 12.8. The van der Waals surface area contributed by atoms with Gasteiger partial charge in [-0.25, -0.2) is 0 Å². The maximum atomic E-state index is 4.69. The van der Waals surface area contributed by atoms with Gasteiger partial charge in [0.15, 0.2) is 0 Å². The maximum absolute atomic E-state index is 4.69. The molecule has 0 spiro atoms. The van der Waals surface area contributed by atoms with Gasteiger partial charge in [0.25, 0.3) is 0 Å². The van der Waals surface area contributed by atoms with E-state index in [1.165, 1.54) is 60.3 Å². The molecule has 0 amide bonds. The monoisotopic (exact) mass is 653 g/mol. The molecule has 242 valence electrons. The first-order valence-electron chi connectivity index (χ1n) is 17.4. The van der Waals surface area contributed by atoms with Gasteiger partial charge in [0.2, 0.25) is 0 Å². The first-order valence-corrected chi connectivity index (χ1v) is 17.4. The number of nitrogens with zero attached hydrogens (tertiary/aromatic N) is 3. The molecular weight excluding hydrogens is 619 g/mol. The summed E-state index contributed by atoms with van der Waals surface area (Å²) in [7, 11) is 0. The maximum Gasteiger partial charge on any atom is 0.0629 e. The molecule has 9 rings (SSSR count). The second-order valence-corrected chi connectivity index (χ2v) is 12.8. The largest absolute Gasteiger partial charge is 0.309 e. The van der Waals surface area contributed by atoms with Gasteiger partial charge in [-0.3, -0.25) is 4.99 Å². The molecule has 51 heavy (non-hydrogen) atoms. The summed E-state index contributed by atoms with van der Waals surface area (Å²) in [5, 5.41) is 4.94. The van der Waals surface area contributed by atoms with E-state index >= 15 is 0 Å². The summed E-state index contributed by atoms with van der Waals surface area (Å²) in [6, 6.07) is 60.7. The minimum Gasteiger partial charge on any atom is -0.309 e. The molecule has 0 aliphatic carbocycles. The molecular formula is C48H35N3. The molecule has 3 heteroatoms. The van der Waals surface area contributed by atoms with E-state index in [0.29, 0.717) is 0 Å². The Balaban J connectivity index is 1.15. The molecule has 0 aliphatic heterocycles. The van der Waals surface area contributed by atoms with Crippen molar-refractivity contribution in [1.82, 2.24) is 9.13 Å². The molecule has 0 fully saturated rings. The molecule has 0 radical (unpaired) electrons. The molecule has 2 heterocycles. The quantitative estimate of drug-likeness (QED) is 0.121. The Morgan fingerprint density at radius 2 is 0.980 bits per heavy atom. The fraction of sp³-hybridized carbons (Fsp3) is 0.0208. The number of aromatic nitrogens is 2. The third-order valence-corrected chi connectivity index (χ3v) is 9.73. The highest BCUT2D eigenvalue weighted by molar-refractivity contribution is 6.13. The second kappa shape index (κ2) is 13.0. The molecule has 2 aromatic heterocycles. The van der Waals surface area contributed by atoms with Crippen LogP contribution in [0.15, 0.2) is 193 Å². The van der Waals surface area contributed by atoms with E-state index in [4.69, 9.17) is 0 Å². The van der Waals surface area contributed by atoms with Crippen molar-refractivity contribution in [2.75, 3.05) is 0 Å². The SMILES string of the molecule is C/C=C\C(=C/C=Nc1ccccc1)n1c2ccccc2c2cc(-c3ccc4c(c3)c3ccccc3n4-c3ccc(-c4ccccc4)cc3)ccc21. The molecule has 0 unspecified atom stereocenters. The Bertz CT molecular complexity index is 2780. The molecule has 0 atom stereocenters. The van der Waals surface area contributed by atoms with Crippen molar-refractivity contribution < 1.29 is 0 Å². The fourth-order valence-electron chi connectivity index (χ4n) is 7.38. The molecule has 0 saturated carbocycles. The van der Waals surface area contributed by atoms with Crippen molar-refractivity contribution in [1.29, 1.82) is 0 Å². The minimum atomic E-state index is 0.932. The molecule has 0 N–H and O–H groups in total. The molecule has 0 aliphatic rings. The highest BCUT2D eigenvalue weighted by atomic mass is 15.0. The highest BCUT2D eigenvalue weighted by Gasteiger charge is 2.16. The topological polar surface area (TPSA) is 22.2 Å². The lowest BCUT2D eigenvalue weighted by Gasteiger charge is -2.10. The standard InChI is InChI=1S/C48H35N3/c1-2-13-39(30-31-49-38-16-7-4-8-17-38)50-45-20-11-9-18-41(45)43-32-36(24-28-47(43)50)37-25-29-48-44(33-37)42-19-10-12-21-46(42)51(48)40-26-22-35(23-27-40)34-14-5-3-6-15-34/h2-33H,1H3/b13-2-,39-30+,49-31?. The summed E-state index contributed by atoms with van der Waals surface area (Å²) in [6.45, 7) is 2.06. The predicted molar refractivity (Wildman–Crippen MR) is 218 cm³/mol. The highest BCUT2D eigenvalue weighted by Crippen LogP contribution is 2.38. The van der Waals surface area contributed by atoms with Crippen molar-refractivity contribution in [2.24, 2.45) is 4.99 Å². The number of aliphatic imine (C=N–C) groups is 1. The van der Waals surface area contributed by atoms with Gasteiger partial charge in [-0.15, -0.1) is 0 Å². The van der Waals surface area contributed by atoms with Crippen LogP contribution in [-0.2, 0) is 0 Å². The van der Waals surface area contributed by atoms with E-state index in [1.54, 1.807) is 0 Å². The smallest absolute Gasteiger partial charge is 0.0629 e. The van der Waals surface area contributed by atoms with Crippen molar-refractivity contribution in [3.8, 4) is 27.9 Å². The Morgan fingerprint density at radius 1 is 0.471 bits per heavy atom. The Hall–Kier alpha value is -6.71. The Labute approximate surface area is 297 Å². The third kappa shape index (κ3) is 5.46. The minimum absolute atomic E-state index is 0.932. The number of para-hydroxylation sites is 3. The lowest BCUT2D eigenvalue weighted by atomic mass is 10.0. The van der Waals surface area contributed by atoms with Crippen molar-refractivity contribution in [3.05, 3.63) is 188 Å². The zero-order chi connectivity index (χ0) is 34.1. The predicted octanol–water partition coefficient (Wildman–Crippen LogP) is 13.0. The summed E-state index contributed by atoms with van der Waals surface area (Å²) in [5.74, 6) is 0. The van der Waals surface area contributed by atoms with Crippen LogP contribution in [0.25, 0.3) is 77.2 Å². The van der Waals surface area contributed by atoms with Gasteiger partial charge in [0.1, 0.15) is 0 Å². The van der Waals surface area contributed by atoms with Crippen LogP contribution in [0.3, 0.4) is 0 Å². The Morgan fingerprint density at radius 3 is 1.69 bits per heavy atom. The molecule has 7 aromatic carbocycles. The van der Waals surface area contributed by atoms with Crippen LogP contribution in [-0.4, -0.2) is 15.3 Å². The summed E-state index contributed by atoms with van der Waals surface area (Å²) >= 11 is 0. The molecule has 0 saturated heterocycles. The zero-order valence-corrected chi connectivity index (χ0v) is 28.3. The van der Waals surface area contributed by atoms with Crippen molar-refractivity contribution >= 4 is 61.2 Å². The van der Waals surface area contributed by atoms with Gasteiger partial charge in [0.05, 0.1) is 27.8 Å². The van der Waals surface area contributed by atoms with Crippen LogP contribution in [0.5, 0.6) is 0 Å². The zero-order valence-electron chi connectivity index (χ0n) is 28.3. The van der Waals surface area contributed by atoms with Crippen LogP contribution in [0.2, 0.25) is 0 Å². The van der Waals surface area contributed by atoms with Crippen LogP contribution in [0.1, 0.15) is 6.92 Å². The van der Waals surface area contributed by atoms with E-state index < -0.39 is 0 Å². The number of benzene rings is 7. The molecule has 9 aromatic rings. The first-order chi connectivity index (χ1) is 25.3. The molecule has 0 bridgehead atoms. The van der Waals surface area contributed by atoms with Gasteiger partial charge in [0, 0.05) is 39.1 Å². The number of rotatable bonds is 7. The number of allylic oxidation sites excluding steroid dienone is 4.